The molecule has 2 rings (SSSR count). The van der Waals surface area contributed by atoms with Gasteiger partial charge in [0.05, 0.1) is 6.54 Å². The molecule has 1 heterocycles. The summed E-state index contributed by atoms with van der Waals surface area (Å²) in [5.74, 6) is -0.690. The van der Waals surface area contributed by atoms with Crippen LogP contribution in [0.1, 0.15) is 12.7 Å². The topological polar surface area (TPSA) is 42.7 Å². The van der Waals surface area contributed by atoms with Crippen LogP contribution in [0.2, 0.25) is 0 Å². The molecule has 1 aromatic heterocycles. The van der Waals surface area contributed by atoms with E-state index in [9.17, 15) is 8.78 Å². The summed E-state index contributed by atoms with van der Waals surface area (Å²) in [6, 6.07) is 3.36. The van der Waals surface area contributed by atoms with Crippen LogP contribution in [-0.2, 0) is 6.54 Å². The van der Waals surface area contributed by atoms with Crippen molar-refractivity contribution < 1.29 is 8.78 Å². The van der Waals surface area contributed by atoms with Crippen molar-refractivity contribution in [2.45, 2.75) is 13.5 Å². The molecule has 0 atom stereocenters. The average molecular weight is 238 g/mol. The second kappa shape index (κ2) is 5.01. The lowest BCUT2D eigenvalue weighted by Gasteiger charge is -2.07. The van der Waals surface area contributed by atoms with E-state index < -0.39 is 11.6 Å². The van der Waals surface area contributed by atoms with E-state index in [0.717, 1.165) is 12.6 Å². The molecule has 0 bridgehead atoms. The Morgan fingerprint density at radius 3 is 2.88 bits per heavy atom. The van der Waals surface area contributed by atoms with E-state index in [1.807, 2.05) is 6.92 Å². The molecule has 2 aromatic rings. The maximum atomic E-state index is 13.6. The van der Waals surface area contributed by atoms with Gasteiger partial charge >= 0.3 is 0 Å². The Labute approximate surface area is 97.3 Å². The van der Waals surface area contributed by atoms with Crippen molar-refractivity contribution in [1.82, 2.24) is 20.1 Å². The number of nitrogens with zero attached hydrogens (tertiary/aromatic N) is 3. The van der Waals surface area contributed by atoms with Crippen LogP contribution < -0.4 is 5.32 Å². The van der Waals surface area contributed by atoms with E-state index >= 15 is 0 Å². The SMILES string of the molecule is CCNCc1ncnn1-c1ccc(F)cc1F. The molecular formula is C11H12F2N4. The summed E-state index contributed by atoms with van der Waals surface area (Å²) in [5.41, 5.74) is 0.191. The molecule has 90 valence electrons. The first-order chi connectivity index (χ1) is 8.22. The minimum Gasteiger partial charge on any atom is -0.310 e. The van der Waals surface area contributed by atoms with E-state index in [1.54, 1.807) is 0 Å². The second-order valence-electron chi connectivity index (χ2n) is 3.46. The predicted molar refractivity (Wildman–Crippen MR) is 58.7 cm³/mol. The summed E-state index contributed by atoms with van der Waals surface area (Å²) in [4.78, 5) is 4.02. The third kappa shape index (κ3) is 2.47. The van der Waals surface area contributed by atoms with E-state index in [1.165, 1.54) is 23.1 Å². The Bertz CT molecular complexity index is 510. The Hall–Kier alpha value is -1.82. The van der Waals surface area contributed by atoms with E-state index in [4.69, 9.17) is 0 Å². The Kier molecular flexibility index (Phi) is 3.43. The number of hydrogen-bond acceptors (Lipinski definition) is 3. The van der Waals surface area contributed by atoms with Gasteiger partial charge in [-0.15, -0.1) is 0 Å². The van der Waals surface area contributed by atoms with Gasteiger partial charge in [0.25, 0.3) is 0 Å². The minimum absolute atomic E-state index is 0.191. The molecule has 0 aliphatic carbocycles. The molecule has 0 aliphatic rings. The lowest BCUT2D eigenvalue weighted by Crippen LogP contribution is -2.16. The van der Waals surface area contributed by atoms with Crippen molar-refractivity contribution in [3.8, 4) is 5.69 Å². The van der Waals surface area contributed by atoms with Gasteiger partial charge in [0, 0.05) is 6.07 Å². The first-order valence-corrected chi connectivity index (χ1v) is 5.27. The molecule has 4 nitrogen and oxygen atoms in total. The van der Waals surface area contributed by atoms with Crippen molar-refractivity contribution in [3.05, 3.63) is 42.0 Å². The summed E-state index contributed by atoms with van der Waals surface area (Å²) in [6.07, 6.45) is 1.34. The first-order valence-electron chi connectivity index (χ1n) is 5.27. The van der Waals surface area contributed by atoms with Gasteiger partial charge in [0.15, 0.2) is 5.82 Å². The van der Waals surface area contributed by atoms with Gasteiger partial charge in [-0.25, -0.2) is 18.4 Å². The Morgan fingerprint density at radius 1 is 1.35 bits per heavy atom. The van der Waals surface area contributed by atoms with Gasteiger partial charge in [-0.3, -0.25) is 0 Å². The minimum atomic E-state index is -0.659. The van der Waals surface area contributed by atoms with Gasteiger partial charge in [0.2, 0.25) is 0 Å². The van der Waals surface area contributed by atoms with Crippen LogP contribution in [0.15, 0.2) is 24.5 Å². The quantitative estimate of drug-likeness (QED) is 0.880. The van der Waals surface area contributed by atoms with Crippen LogP contribution in [0, 0.1) is 11.6 Å². The Morgan fingerprint density at radius 2 is 2.18 bits per heavy atom. The largest absolute Gasteiger partial charge is 0.310 e. The van der Waals surface area contributed by atoms with Crippen LogP contribution in [0.25, 0.3) is 5.69 Å². The van der Waals surface area contributed by atoms with Gasteiger partial charge in [-0.1, -0.05) is 6.92 Å². The van der Waals surface area contributed by atoms with Gasteiger partial charge in [0.1, 0.15) is 23.7 Å². The standard InChI is InChI=1S/C11H12F2N4/c1-2-14-6-11-15-7-16-17(11)10-4-3-8(12)5-9(10)13/h3-5,7,14H,2,6H2,1H3. The third-order valence-electron chi connectivity index (χ3n) is 2.29. The van der Waals surface area contributed by atoms with Crippen LogP contribution in [-0.4, -0.2) is 21.3 Å². The molecule has 0 saturated carbocycles. The molecule has 0 spiro atoms. The highest BCUT2D eigenvalue weighted by atomic mass is 19.1. The first kappa shape index (κ1) is 11.7. The van der Waals surface area contributed by atoms with Crippen molar-refractivity contribution >= 4 is 0 Å². The van der Waals surface area contributed by atoms with Crippen molar-refractivity contribution in [3.63, 3.8) is 0 Å². The van der Waals surface area contributed by atoms with Crippen LogP contribution >= 0.6 is 0 Å². The number of rotatable bonds is 4. The molecule has 0 aliphatic heterocycles. The summed E-state index contributed by atoms with van der Waals surface area (Å²) in [6.45, 7) is 3.21. The van der Waals surface area contributed by atoms with Crippen molar-refractivity contribution in [2.75, 3.05) is 6.54 Å². The number of nitrogens with one attached hydrogen (secondary N) is 1. The van der Waals surface area contributed by atoms with Gasteiger partial charge in [-0.05, 0) is 18.7 Å². The van der Waals surface area contributed by atoms with E-state index in [-0.39, 0.29) is 5.69 Å². The van der Waals surface area contributed by atoms with E-state index in [2.05, 4.69) is 15.4 Å². The second-order valence-corrected chi connectivity index (χ2v) is 3.46. The molecule has 17 heavy (non-hydrogen) atoms. The van der Waals surface area contributed by atoms with Gasteiger partial charge < -0.3 is 5.32 Å². The highest BCUT2D eigenvalue weighted by Gasteiger charge is 2.11. The predicted octanol–water partition coefficient (Wildman–Crippen LogP) is 1.65. The molecule has 0 saturated heterocycles. The molecule has 0 amide bonds. The molecule has 1 aromatic carbocycles. The van der Waals surface area contributed by atoms with Crippen LogP contribution in [0.5, 0.6) is 0 Å². The number of hydrogen-bond donors (Lipinski definition) is 1. The molecule has 1 N–H and O–H groups in total. The van der Waals surface area contributed by atoms with Crippen molar-refractivity contribution in [1.29, 1.82) is 0 Å². The molecule has 0 radical (unpaired) electrons. The average Bonchev–Trinajstić information content (AvgIpc) is 2.74. The highest BCUT2D eigenvalue weighted by Crippen LogP contribution is 2.14. The smallest absolute Gasteiger partial charge is 0.151 e. The highest BCUT2D eigenvalue weighted by molar-refractivity contribution is 5.33. The summed E-state index contributed by atoms with van der Waals surface area (Å²) in [5, 5.41) is 7.00. The van der Waals surface area contributed by atoms with Gasteiger partial charge in [-0.2, -0.15) is 5.10 Å². The zero-order valence-electron chi connectivity index (χ0n) is 9.32. The maximum absolute atomic E-state index is 13.6. The fourth-order valence-electron chi connectivity index (χ4n) is 1.48. The number of benzene rings is 1. The van der Waals surface area contributed by atoms with Crippen molar-refractivity contribution in [2.24, 2.45) is 0 Å². The lowest BCUT2D eigenvalue weighted by atomic mass is 10.3. The molecular weight excluding hydrogens is 226 g/mol. The Balaban J connectivity index is 2.35. The zero-order chi connectivity index (χ0) is 12.3. The normalized spacial score (nSPS) is 10.8. The lowest BCUT2D eigenvalue weighted by molar-refractivity contribution is 0.567. The molecule has 0 unspecified atom stereocenters. The maximum Gasteiger partial charge on any atom is 0.151 e. The zero-order valence-corrected chi connectivity index (χ0v) is 9.32. The van der Waals surface area contributed by atoms with Crippen LogP contribution in [0.4, 0.5) is 8.78 Å². The summed E-state index contributed by atoms with van der Waals surface area (Å²) >= 11 is 0. The fourth-order valence-corrected chi connectivity index (χ4v) is 1.48. The monoisotopic (exact) mass is 238 g/mol. The number of aromatic nitrogens is 3. The molecule has 6 heteroatoms. The molecule has 0 fully saturated rings. The third-order valence-corrected chi connectivity index (χ3v) is 2.29. The van der Waals surface area contributed by atoms with Crippen LogP contribution in [0.3, 0.4) is 0 Å². The number of halogens is 2. The van der Waals surface area contributed by atoms with E-state index in [0.29, 0.717) is 12.4 Å². The summed E-state index contributed by atoms with van der Waals surface area (Å²) < 4.78 is 27.7. The summed E-state index contributed by atoms with van der Waals surface area (Å²) in [7, 11) is 0. The fraction of sp³-hybridized carbons (Fsp3) is 0.273.